The number of likely N-dealkylation sites (N-methyl/N-ethyl adjacent to an activating group) is 1. The van der Waals surface area contributed by atoms with E-state index in [1.807, 2.05) is 23.1 Å². The van der Waals surface area contributed by atoms with E-state index in [-0.39, 0.29) is 11.9 Å². The average molecular weight is 296 g/mol. The molecule has 1 atom stereocenters. The van der Waals surface area contributed by atoms with Gasteiger partial charge < -0.3 is 15.5 Å². The van der Waals surface area contributed by atoms with Crippen molar-refractivity contribution in [1.29, 1.82) is 0 Å². The van der Waals surface area contributed by atoms with E-state index in [0.717, 1.165) is 18.7 Å². The first-order chi connectivity index (χ1) is 10.6. The third-order valence-corrected chi connectivity index (χ3v) is 4.03. The summed E-state index contributed by atoms with van der Waals surface area (Å²) in [6.07, 6.45) is 1.53. The molecular formula is C17H20N4O. The topological polar surface area (TPSA) is 62.5 Å². The van der Waals surface area contributed by atoms with Crippen molar-refractivity contribution in [3.8, 4) is 0 Å². The monoisotopic (exact) mass is 296 g/mol. The van der Waals surface area contributed by atoms with Crippen LogP contribution in [0.1, 0.15) is 22.1 Å². The third kappa shape index (κ3) is 2.94. The highest BCUT2D eigenvalue weighted by Crippen LogP contribution is 2.26. The highest BCUT2D eigenvalue weighted by atomic mass is 16.2. The molecular weight excluding hydrogens is 276 g/mol. The van der Waals surface area contributed by atoms with Gasteiger partial charge in [-0.05, 0) is 24.7 Å². The Balaban J connectivity index is 1.89. The van der Waals surface area contributed by atoms with Crippen LogP contribution in [0.4, 0.5) is 5.69 Å². The van der Waals surface area contributed by atoms with Gasteiger partial charge in [0.25, 0.3) is 5.91 Å². The lowest BCUT2D eigenvalue weighted by Gasteiger charge is -2.40. The summed E-state index contributed by atoms with van der Waals surface area (Å²) in [6, 6.07) is 13.6. The number of rotatable bonds is 2. The van der Waals surface area contributed by atoms with Gasteiger partial charge in [-0.2, -0.15) is 0 Å². The fourth-order valence-corrected chi connectivity index (χ4v) is 2.80. The molecule has 0 spiro atoms. The molecule has 1 saturated heterocycles. The van der Waals surface area contributed by atoms with Crippen LogP contribution in [0.2, 0.25) is 0 Å². The third-order valence-electron chi connectivity index (χ3n) is 4.03. The van der Waals surface area contributed by atoms with Crippen molar-refractivity contribution in [2.75, 3.05) is 32.4 Å². The largest absolute Gasteiger partial charge is 0.397 e. The maximum Gasteiger partial charge on any atom is 0.273 e. The van der Waals surface area contributed by atoms with Crippen molar-refractivity contribution in [2.24, 2.45) is 0 Å². The standard InChI is InChI=1S/C17H20N4O/c1-20-9-10-21(16(12-20)13-5-3-2-4-6-13)17(22)15-8-7-14(18)11-19-15/h2-8,11,16H,9-10,12,18H2,1H3. The van der Waals surface area contributed by atoms with Crippen LogP contribution in [-0.4, -0.2) is 47.4 Å². The molecule has 0 aliphatic carbocycles. The number of nitrogen functional groups attached to an aromatic ring is 1. The minimum atomic E-state index is -0.0399. The van der Waals surface area contributed by atoms with Crippen LogP contribution < -0.4 is 5.73 Å². The molecule has 2 aromatic rings. The molecule has 22 heavy (non-hydrogen) atoms. The molecule has 1 fully saturated rings. The predicted molar refractivity (Wildman–Crippen MR) is 86.4 cm³/mol. The fourth-order valence-electron chi connectivity index (χ4n) is 2.80. The summed E-state index contributed by atoms with van der Waals surface area (Å²) in [5, 5.41) is 0. The van der Waals surface area contributed by atoms with Crippen LogP contribution >= 0.6 is 0 Å². The van der Waals surface area contributed by atoms with Gasteiger partial charge in [-0.3, -0.25) is 4.79 Å². The van der Waals surface area contributed by atoms with E-state index in [2.05, 4.69) is 29.1 Å². The van der Waals surface area contributed by atoms with Crippen LogP contribution in [-0.2, 0) is 0 Å². The van der Waals surface area contributed by atoms with Crippen molar-refractivity contribution in [2.45, 2.75) is 6.04 Å². The van der Waals surface area contributed by atoms with Gasteiger partial charge in [-0.1, -0.05) is 30.3 Å². The number of nitrogens with zero attached hydrogens (tertiary/aromatic N) is 3. The summed E-state index contributed by atoms with van der Waals surface area (Å²) in [7, 11) is 2.08. The number of piperazine rings is 1. The Morgan fingerprint density at radius 1 is 1.18 bits per heavy atom. The zero-order chi connectivity index (χ0) is 15.5. The van der Waals surface area contributed by atoms with E-state index in [4.69, 9.17) is 5.73 Å². The molecule has 114 valence electrons. The number of pyridine rings is 1. The molecule has 1 aromatic heterocycles. The molecule has 0 radical (unpaired) electrons. The summed E-state index contributed by atoms with van der Waals surface area (Å²) < 4.78 is 0. The molecule has 1 amide bonds. The molecule has 2 N–H and O–H groups in total. The maximum atomic E-state index is 12.8. The van der Waals surface area contributed by atoms with Gasteiger partial charge in [-0.15, -0.1) is 0 Å². The number of carbonyl (C=O) groups is 1. The van der Waals surface area contributed by atoms with Crippen molar-refractivity contribution in [3.05, 3.63) is 59.9 Å². The second kappa shape index (κ2) is 6.15. The number of hydrogen-bond acceptors (Lipinski definition) is 4. The van der Waals surface area contributed by atoms with E-state index in [1.165, 1.54) is 6.20 Å². The lowest BCUT2D eigenvalue weighted by Crippen LogP contribution is -2.49. The minimum Gasteiger partial charge on any atom is -0.397 e. The Morgan fingerprint density at radius 3 is 2.64 bits per heavy atom. The zero-order valence-electron chi connectivity index (χ0n) is 12.6. The summed E-state index contributed by atoms with van der Waals surface area (Å²) in [5.41, 5.74) is 7.81. The Kier molecular flexibility index (Phi) is 4.06. The number of aromatic nitrogens is 1. The first-order valence-corrected chi connectivity index (χ1v) is 7.41. The summed E-state index contributed by atoms with van der Waals surface area (Å²) in [6.45, 7) is 2.38. The average Bonchev–Trinajstić information content (AvgIpc) is 2.56. The molecule has 1 aromatic carbocycles. The fraction of sp³-hybridized carbons (Fsp3) is 0.294. The molecule has 0 bridgehead atoms. The highest BCUT2D eigenvalue weighted by molar-refractivity contribution is 5.92. The SMILES string of the molecule is CN1CCN(C(=O)c2ccc(N)cn2)C(c2ccccc2)C1. The van der Waals surface area contributed by atoms with E-state index in [1.54, 1.807) is 12.1 Å². The number of amides is 1. The molecule has 0 saturated carbocycles. The van der Waals surface area contributed by atoms with Crippen LogP contribution in [0.3, 0.4) is 0 Å². The van der Waals surface area contributed by atoms with E-state index in [9.17, 15) is 4.79 Å². The molecule has 1 aliphatic heterocycles. The van der Waals surface area contributed by atoms with Gasteiger partial charge in [0.05, 0.1) is 17.9 Å². The first-order valence-electron chi connectivity index (χ1n) is 7.41. The molecule has 5 heteroatoms. The summed E-state index contributed by atoms with van der Waals surface area (Å²) in [4.78, 5) is 21.1. The lowest BCUT2D eigenvalue weighted by molar-refractivity contribution is 0.0492. The number of benzene rings is 1. The van der Waals surface area contributed by atoms with Gasteiger partial charge in [-0.25, -0.2) is 4.98 Å². The van der Waals surface area contributed by atoms with Gasteiger partial charge in [0.2, 0.25) is 0 Å². The second-order valence-electron chi connectivity index (χ2n) is 5.66. The molecule has 2 heterocycles. The molecule has 1 unspecified atom stereocenters. The van der Waals surface area contributed by atoms with E-state index < -0.39 is 0 Å². The van der Waals surface area contributed by atoms with Crippen LogP contribution in [0.25, 0.3) is 0 Å². The van der Waals surface area contributed by atoms with Crippen molar-refractivity contribution < 1.29 is 4.79 Å². The van der Waals surface area contributed by atoms with Crippen molar-refractivity contribution in [3.63, 3.8) is 0 Å². The van der Waals surface area contributed by atoms with E-state index in [0.29, 0.717) is 17.9 Å². The Hall–Kier alpha value is -2.40. The lowest BCUT2D eigenvalue weighted by atomic mass is 10.0. The number of hydrogen-bond donors (Lipinski definition) is 1. The predicted octanol–water partition coefficient (Wildman–Crippen LogP) is 1.79. The van der Waals surface area contributed by atoms with E-state index >= 15 is 0 Å². The summed E-state index contributed by atoms with van der Waals surface area (Å²) >= 11 is 0. The number of nitrogens with two attached hydrogens (primary N) is 1. The number of anilines is 1. The van der Waals surface area contributed by atoms with Crippen molar-refractivity contribution in [1.82, 2.24) is 14.8 Å². The molecule has 3 rings (SSSR count). The maximum absolute atomic E-state index is 12.8. The quantitative estimate of drug-likeness (QED) is 0.918. The van der Waals surface area contributed by atoms with Gasteiger partial charge in [0.15, 0.2) is 0 Å². The van der Waals surface area contributed by atoms with Crippen LogP contribution in [0.5, 0.6) is 0 Å². The van der Waals surface area contributed by atoms with Crippen LogP contribution in [0.15, 0.2) is 48.7 Å². The number of carbonyl (C=O) groups excluding carboxylic acids is 1. The Morgan fingerprint density at radius 2 is 1.95 bits per heavy atom. The van der Waals surface area contributed by atoms with Gasteiger partial charge in [0.1, 0.15) is 5.69 Å². The van der Waals surface area contributed by atoms with Crippen LogP contribution in [0, 0.1) is 0 Å². The Labute approximate surface area is 130 Å². The minimum absolute atomic E-state index is 0.0399. The second-order valence-corrected chi connectivity index (χ2v) is 5.66. The zero-order valence-corrected chi connectivity index (χ0v) is 12.6. The van der Waals surface area contributed by atoms with Gasteiger partial charge in [0, 0.05) is 19.6 Å². The smallest absolute Gasteiger partial charge is 0.273 e. The van der Waals surface area contributed by atoms with Crippen molar-refractivity contribution >= 4 is 11.6 Å². The molecule has 5 nitrogen and oxygen atoms in total. The summed E-state index contributed by atoms with van der Waals surface area (Å²) in [5.74, 6) is -0.0399. The normalized spacial score (nSPS) is 19.1. The van der Waals surface area contributed by atoms with Gasteiger partial charge >= 0.3 is 0 Å². The highest BCUT2D eigenvalue weighted by Gasteiger charge is 2.31. The molecule has 1 aliphatic rings. The first kappa shape index (κ1) is 14.5. The Bertz CT molecular complexity index is 641.